The molecular formula is C39H74O4. The standard InChI is InChI=1S/C22H42O2.C17H32O2/c1-4-5-6-7-8-9-10-11-12-13-14-15-16-17-18-19-20-24-22(23)21(2)3;1-4-5-6-7-8-9-10-11-12-13-14-15-19-17(18)16(2)3/h2,4-20H2,1,3H3;2,4-15H2,1,3H3. The van der Waals surface area contributed by atoms with Crippen molar-refractivity contribution in [3.05, 3.63) is 24.3 Å². The molecule has 0 fully saturated rings. The van der Waals surface area contributed by atoms with E-state index in [0.717, 1.165) is 12.8 Å². The Morgan fingerprint density at radius 1 is 0.372 bits per heavy atom. The fourth-order valence-electron chi connectivity index (χ4n) is 4.99. The summed E-state index contributed by atoms with van der Waals surface area (Å²) in [6.07, 6.45) is 36.1. The first kappa shape index (κ1) is 43.5. The lowest BCUT2D eigenvalue weighted by Crippen LogP contribution is -2.05. The van der Waals surface area contributed by atoms with E-state index in [0.29, 0.717) is 24.4 Å². The monoisotopic (exact) mass is 607 g/mol. The van der Waals surface area contributed by atoms with Crippen LogP contribution in [0.5, 0.6) is 0 Å². The van der Waals surface area contributed by atoms with Gasteiger partial charge < -0.3 is 9.47 Å². The van der Waals surface area contributed by atoms with Crippen LogP contribution in [0, 0.1) is 0 Å². The molecule has 0 rings (SSSR count). The van der Waals surface area contributed by atoms with Crippen molar-refractivity contribution in [3.8, 4) is 0 Å². The predicted molar refractivity (Wildman–Crippen MR) is 188 cm³/mol. The molecule has 0 unspecified atom stereocenters. The van der Waals surface area contributed by atoms with Crippen molar-refractivity contribution in [1.29, 1.82) is 0 Å². The Kier molecular flexibility index (Phi) is 37.1. The van der Waals surface area contributed by atoms with Crippen molar-refractivity contribution in [2.24, 2.45) is 0 Å². The van der Waals surface area contributed by atoms with Crippen LogP contribution in [-0.4, -0.2) is 25.2 Å². The van der Waals surface area contributed by atoms with Gasteiger partial charge in [0.1, 0.15) is 0 Å². The van der Waals surface area contributed by atoms with Gasteiger partial charge >= 0.3 is 11.9 Å². The highest BCUT2D eigenvalue weighted by Crippen LogP contribution is 2.14. The van der Waals surface area contributed by atoms with Crippen molar-refractivity contribution in [3.63, 3.8) is 0 Å². The highest BCUT2D eigenvalue weighted by atomic mass is 16.5. The number of unbranched alkanes of at least 4 members (excludes halogenated alkanes) is 25. The Labute approximate surface area is 269 Å². The van der Waals surface area contributed by atoms with Gasteiger partial charge in [0.2, 0.25) is 0 Å². The van der Waals surface area contributed by atoms with Crippen LogP contribution in [0.25, 0.3) is 0 Å². The summed E-state index contributed by atoms with van der Waals surface area (Å²) in [6.45, 7) is 16.1. The minimum Gasteiger partial charge on any atom is -0.462 e. The maximum atomic E-state index is 11.2. The van der Waals surface area contributed by atoms with Gasteiger partial charge in [-0.2, -0.15) is 0 Å². The molecule has 4 nitrogen and oxygen atoms in total. The Balaban J connectivity index is 0. The molecule has 0 aromatic heterocycles. The molecule has 4 heteroatoms. The van der Waals surface area contributed by atoms with Crippen molar-refractivity contribution in [2.75, 3.05) is 13.2 Å². The van der Waals surface area contributed by atoms with Crippen molar-refractivity contribution < 1.29 is 19.1 Å². The van der Waals surface area contributed by atoms with Gasteiger partial charge in [0.25, 0.3) is 0 Å². The minimum absolute atomic E-state index is 0.254. The third kappa shape index (κ3) is 38.4. The molecule has 0 N–H and O–H groups in total. The van der Waals surface area contributed by atoms with Crippen molar-refractivity contribution in [2.45, 2.75) is 201 Å². The zero-order valence-electron chi connectivity index (χ0n) is 29.6. The molecule has 0 bridgehead atoms. The molecule has 0 atom stereocenters. The van der Waals surface area contributed by atoms with Crippen molar-refractivity contribution >= 4 is 11.9 Å². The van der Waals surface area contributed by atoms with E-state index in [4.69, 9.17) is 9.47 Å². The third-order valence-corrected chi connectivity index (χ3v) is 7.91. The van der Waals surface area contributed by atoms with E-state index in [-0.39, 0.29) is 11.9 Å². The molecule has 0 aliphatic carbocycles. The summed E-state index contributed by atoms with van der Waals surface area (Å²) in [4.78, 5) is 22.3. The molecule has 0 heterocycles. The van der Waals surface area contributed by atoms with E-state index in [1.807, 2.05) is 0 Å². The molecular weight excluding hydrogens is 532 g/mol. The van der Waals surface area contributed by atoms with E-state index < -0.39 is 0 Å². The van der Waals surface area contributed by atoms with Gasteiger partial charge in [-0.1, -0.05) is 188 Å². The first-order valence-corrected chi connectivity index (χ1v) is 18.5. The average molecular weight is 607 g/mol. The largest absolute Gasteiger partial charge is 0.462 e. The molecule has 0 aromatic rings. The molecule has 0 radical (unpaired) electrons. The van der Waals surface area contributed by atoms with Crippen LogP contribution in [0.1, 0.15) is 201 Å². The van der Waals surface area contributed by atoms with Crippen LogP contribution >= 0.6 is 0 Å². The van der Waals surface area contributed by atoms with Crippen LogP contribution in [0.15, 0.2) is 24.3 Å². The average Bonchev–Trinajstić information content (AvgIpc) is 2.99. The molecule has 0 amide bonds. The molecule has 0 spiro atoms. The highest BCUT2D eigenvalue weighted by Gasteiger charge is 2.03. The fraction of sp³-hybridized carbons (Fsp3) is 0.846. The van der Waals surface area contributed by atoms with Crippen molar-refractivity contribution in [1.82, 2.24) is 0 Å². The number of rotatable bonds is 31. The summed E-state index contributed by atoms with van der Waals surface area (Å²) >= 11 is 0. The SMILES string of the molecule is C=C(C)C(=O)OCCCCCCCCCCCCC.C=C(C)C(=O)OCCCCCCCCCCCCCCCCCC. The number of ether oxygens (including phenoxy) is 2. The van der Waals surface area contributed by atoms with Gasteiger partial charge in [0.05, 0.1) is 13.2 Å². The molecule has 0 saturated heterocycles. The predicted octanol–water partition coefficient (Wildman–Crippen LogP) is 12.8. The van der Waals surface area contributed by atoms with Gasteiger partial charge in [0, 0.05) is 11.1 Å². The number of carbonyl (C=O) groups is 2. The van der Waals surface area contributed by atoms with E-state index >= 15 is 0 Å². The summed E-state index contributed by atoms with van der Waals surface area (Å²) in [7, 11) is 0. The first-order valence-electron chi connectivity index (χ1n) is 18.5. The summed E-state index contributed by atoms with van der Waals surface area (Å²) in [5.41, 5.74) is 0.981. The lowest BCUT2D eigenvalue weighted by Gasteiger charge is -2.05. The number of hydrogen-bond donors (Lipinski definition) is 0. The van der Waals surface area contributed by atoms with Gasteiger partial charge in [-0.05, 0) is 26.7 Å². The maximum Gasteiger partial charge on any atom is 0.333 e. The third-order valence-electron chi connectivity index (χ3n) is 7.91. The second kappa shape index (κ2) is 36.6. The van der Waals surface area contributed by atoms with Gasteiger partial charge in [-0.15, -0.1) is 0 Å². The fourth-order valence-corrected chi connectivity index (χ4v) is 4.99. The second-order valence-corrected chi connectivity index (χ2v) is 12.7. The molecule has 0 saturated carbocycles. The lowest BCUT2D eigenvalue weighted by molar-refractivity contribution is -0.139. The van der Waals surface area contributed by atoms with E-state index in [1.54, 1.807) is 13.8 Å². The molecule has 254 valence electrons. The second-order valence-electron chi connectivity index (χ2n) is 12.7. The summed E-state index contributed by atoms with van der Waals surface area (Å²) < 4.78 is 10.1. The van der Waals surface area contributed by atoms with E-state index in [9.17, 15) is 9.59 Å². The Morgan fingerprint density at radius 3 is 0.744 bits per heavy atom. The Hall–Kier alpha value is -1.58. The van der Waals surface area contributed by atoms with Crippen LogP contribution < -0.4 is 0 Å². The minimum atomic E-state index is -0.257. The Bertz CT molecular complexity index is 639. The number of carbonyl (C=O) groups excluding carboxylic acids is 2. The van der Waals surface area contributed by atoms with Crippen LogP contribution in [0.2, 0.25) is 0 Å². The number of esters is 2. The zero-order valence-corrected chi connectivity index (χ0v) is 29.6. The lowest BCUT2D eigenvalue weighted by atomic mass is 10.0. The molecule has 0 aromatic carbocycles. The van der Waals surface area contributed by atoms with Gasteiger partial charge in [0.15, 0.2) is 0 Å². The van der Waals surface area contributed by atoms with Gasteiger partial charge in [-0.3, -0.25) is 0 Å². The Morgan fingerprint density at radius 2 is 0.558 bits per heavy atom. The first-order chi connectivity index (χ1) is 20.9. The molecule has 0 aliphatic rings. The summed E-state index contributed by atoms with van der Waals surface area (Å²) in [5, 5.41) is 0. The maximum absolute atomic E-state index is 11.2. The highest BCUT2D eigenvalue weighted by molar-refractivity contribution is 5.87. The van der Waals surface area contributed by atoms with Crippen LogP contribution in [0.4, 0.5) is 0 Å². The number of hydrogen-bond acceptors (Lipinski definition) is 4. The molecule has 43 heavy (non-hydrogen) atoms. The van der Waals surface area contributed by atoms with Gasteiger partial charge in [-0.25, -0.2) is 9.59 Å². The quantitative estimate of drug-likeness (QED) is 0.0447. The van der Waals surface area contributed by atoms with E-state index in [2.05, 4.69) is 27.0 Å². The van der Waals surface area contributed by atoms with Crippen LogP contribution in [0.3, 0.4) is 0 Å². The van der Waals surface area contributed by atoms with E-state index in [1.165, 1.54) is 161 Å². The zero-order chi connectivity index (χ0) is 32.2. The summed E-state index contributed by atoms with van der Waals surface area (Å²) in [5.74, 6) is -0.511. The molecule has 0 aliphatic heterocycles. The smallest absolute Gasteiger partial charge is 0.333 e. The normalized spacial score (nSPS) is 10.6. The van der Waals surface area contributed by atoms with Crippen LogP contribution in [-0.2, 0) is 19.1 Å². The topological polar surface area (TPSA) is 52.6 Å². The summed E-state index contributed by atoms with van der Waals surface area (Å²) in [6, 6.07) is 0.